The Balaban J connectivity index is 2.01. The Bertz CT molecular complexity index is 523. The summed E-state index contributed by atoms with van der Waals surface area (Å²) in [5.74, 6) is 0.384. The van der Waals surface area contributed by atoms with Gasteiger partial charge in [-0.25, -0.2) is 0 Å². The molecule has 0 atom stereocenters. The van der Waals surface area contributed by atoms with E-state index in [9.17, 15) is 0 Å². The molecule has 2 heterocycles. The molecule has 0 aromatic carbocycles. The molecule has 0 amide bonds. The minimum Gasteiger partial charge on any atom is -0.463 e. The quantitative estimate of drug-likeness (QED) is 0.875. The average molecular weight is 280 g/mol. The van der Waals surface area contributed by atoms with Gasteiger partial charge in [-0.05, 0) is 29.7 Å². The van der Waals surface area contributed by atoms with Crippen LogP contribution in [-0.4, -0.2) is 26.5 Å². The summed E-state index contributed by atoms with van der Waals surface area (Å²) in [6, 6.07) is 4.06. The smallest absolute Gasteiger partial charge is 0.322 e. The molecule has 2 aromatic rings. The van der Waals surface area contributed by atoms with Gasteiger partial charge in [0.1, 0.15) is 0 Å². The second-order valence-electron chi connectivity index (χ2n) is 3.77. The third kappa shape index (κ3) is 4.33. The molecule has 0 spiro atoms. The van der Waals surface area contributed by atoms with Gasteiger partial charge in [0.25, 0.3) is 0 Å². The van der Waals surface area contributed by atoms with E-state index in [1.165, 1.54) is 0 Å². The lowest BCUT2D eigenvalue weighted by molar-refractivity contribution is 0.291. The maximum Gasteiger partial charge on any atom is 0.322 e. The van der Waals surface area contributed by atoms with Crippen molar-refractivity contribution in [1.82, 2.24) is 19.9 Å². The number of anilines is 1. The first-order chi connectivity index (χ1) is 9.28. The van der Waals surface area contributed by atoms with Crippen molar-refractivity contribution in [1.29, 1.82) is 0 Å². The van der Waals surface area contributed by atoms with Gasteiger partial charge in [0.2, 0.25) is 11.2 Å². The predicted molar refractivity (Wildman–Crippen MR) is 72.2 cm³/mol. The normalized spacial score (nSPS) is 10.2. The fourth-order valence-electron chi connectivity index (χ4n) is 1.35. The minimum atomic E-state index is 0.106. The molecule has 0 aliphatic heterocycles. The van der Waals surface area contributed by atoms with E-state index in [4.69, 9.17) is 16.3 Å². The number of hydrogen-bond acceptors (Lipinski definition) is 6. The zero-order valence-electron chi connectivity index (χ0n) is 10.5. The largest absolute Gasteiger partial charge is 0.463 e. The summed E-state index contributed by atoms with van der Waals surface area (Å²) in [7, 11) is 0. The fraction of sp³-hybridized carbons (Fsp3) is 0.333. The van der Waals surface area contributed by atoms with Gasteiger partial charge in [-0.15, -0.1) is 0 Å². The van der Waals surface area contributed by atoms with Crippen LogP contribution in [0.4, 0.5) is 5.95 Å². The van der Waals surface area contributed by atoms with Crippen molar-refractivity contribution >= 4 is 17.5 Å². The third-order valence-electron chi connectivity index (χ3n) is 2.20. The fourth-order valence-corrected chi connectivity index (χ4v) is 1.51. The molecular weight excluding hydrogens is 266 g/mol. The molecule has 0 bridgehead atoms. The van der Waals surface area contributed by atoms with E-state index < -0.39 is 0 Å². The molecule has 0 saturated heterocycles. The summed E-state index contributed by atoms with van der Waals surface area (Å²) in [6.07, 6.45) is 4.37. The number of halogens is 1. The Morgan fingerprint density at radius 3 is 2.95 bits per heavy atom. The van der Waals surface area contributed by atoms with Crippen LogP contribution < -0.4 is 10.1 Å². The van der Waals surface area contributed by atoms with Crippen molar-refractivity contribution in [3.05, 3.63) is 35.4 Å². The first kappa shape index (κ1) is 13.5. The Kier molecular flexibility index (Phi) is 4.85. The maximum absolute atomic E-state index is 5.82. The van der Waals surface area contributed by atoms with E-state index in [0.29, 0.717) is 19.1 Å². The molecule has 2 aromatic heterocycles. The van der Waals surface area contributed by atoms with Crippen LogP contribution in [0.1, 0.15) is 18.9 Å². The summed E-state index contributed by atoms with van der Waals surface area (Å²) >= 11 is 5.82. The lowest BCUT2D eigenvalue weighted by Gasteiger charge is -2.07. The number of pyridine rings is 1. The van der Waals surface area contributed by atoms with Crippen molar-refractivity contribution in [2.75, 3.05) is 11.9 Å². The highest BCUT2D eigenvalue weighted by Gasteiger charge is 2.05. The summed E-state index contributed by atoms with van der Waals surface area (Å²) in [6.45, 7) is 3.11. The molecular formula is C12H14ClN5O. The number of nitrogens with one attached hydrogen (secondary N) is 1. The topological polar surface area (TPSA) is 72.8 Å². The summed E-state index contributed by atoms with van der Waals surface area (Å²) in [5, 5.41) is 3.16. The van der Waals surface area contributed by atoms with E-state index in [1.807, 2.05) is 19.1 Å². The minimum absolute atomic E-state index is 0.106. The maximum atomic E-state index is 5.82. The number of ether oxygens (including phenoxy) is 1. The van der Waals surface area contributed by atoms with Gasteiger partial charge < -0.3 is 10.1 Å². The van der Waals surface area contributed by atoms with Crippen LogP contribution in [0.2, 0.25) is 5.28 Å². The van der Waals surface area contributed by atoms with Gasteiger partial charge in [0.05, 0.1) is 6.61 Å². The zero-order chi connectivity index (χ0) is 13.5. The molecule has 0 fully saturated rings. The molecule has 0 saturated carbocycles. The Hall–Kier alpha value is -1.95. The van der Waals surface area contributed by atoms with Gasteiger partial charge in [0, 0.05) is 18.9 Å². The molecule has 6 nitrogen and oxygen atoms in total. The van der Waals surface area contributed by atoms with Crippen LogP contribution in [0.15, 0.2) is 24.5 Å². The van der Waals surface area contributed by atoms with Crippen LogP contribution in [0.5, 0.6) is 6.01 Å². The highest BCUT2D eigenvalue weighted by Crippen LogP contribution is 2.12. The molecule has 0 radical (unpaired) electrons. The van der Waals surface area contributed by atoms with Crippen molar-refractivity contribution < 1.29 is 4.74 Å². The second-order valence-corrected chi connectivity index (χ2v) is 4.11. The van der Waals surface area contributed by atoms with Gasteiger partial charge >= 0.3 is 6.01 Å². The van der Waals surface area contributed by atoms with Crippen LogP contribution in [0.3, 0.4) is 0 Å². The molecule has 1 N–H and O–H groups in total. The first-order valence-electron chi connectivity index (χ1n) is 5.95. The van der Waals surface area contributed by atoms with E-state index in [0.717, 1.165) is 12.0 Å². The average Bonchev–Trinajstić information content (AvgIpc) is 2.43. The lowest BCUT2D eigenvalue weighted by atomic mass is 10.3. The van der Waals surface area contributed by atoms with Crippen molar-refractivity contribution in [2.24, 2.45) is 0 Å². The molecule has 19 heavy (non-hydrogen) atoms. The molecule has 0 aliphatic carbocycles. The number of aromatic nitrogens is 4. The standard InChI is InChI=1S/C12H14ClN5O/c1-2-6-19-12-17-10(13)16-11(18-12)15-8-9-4-3-5-14-7-9/h3-5,7H,2,6,8H2,1H3,(H,15,16,17,18). The van der Waals surface area contributed by atoms with Crippen LogP contribution in [0.25, 0.3) is 0 Å². The molecule has 0 aliphatic rings. The highest BCUT2D eigenvalue weighted by molar-refractivity contribution is 6.28. The van der Waals surface area contributed by atoms with Gasteiger partial charge in [-0.2, -0.15) is 15.0 Å². The number of rotatable bonds is 6. The van der Waals surface area contributed by atoms with E-state index in [-0.39, 0.29) is 11.3 Å². The molecule has 100 valence electrons. The van der Waals surface area contributed by atoms with Gasteiger partial charge in [0.15, 0.2) is 0 Å². The van der Waals surface area contributed by atoms with Crippen LogP contribution >= 0.6 is 11.6 Å². The molecule has 2 rings (SSSR count). The van der Waals surface area contributed by atoms with Crippen molar-refractivity contribution in [3.8, 4) is 6.01 Å². The van der Waals surface area contributed by atoms with Crippen LogP contribution in [0, 0.1) is 0 Å². The summed E-state index contributed by atoms with van der Waals surface area (Å²) in [4.78, 5) is 16.0. The Morgan fingerprint density at radius 1 is 1.32 bits per heavy atom. The number of hydrogen-bond donors (Lipinski definition) is 1. The van der Waals surface area contributed by atoms with Crippen molar-refractivity contribution in [2.45, 2.75) is 19.9 Å². The van der Waals surface area contributed by atoms with E-state index in [1.54, 1.807) is 12.4 Å². The zero-order valence-corrected chi connectivity index (χ0v) is 11.3. The van der Waals surface area contributed by atoms with Crippen molar-refractivity contribution in [3.63, 3.8) is 0 Å². The molecule has 0 unspecified atom stereocenters. The molecule has 7 heteroatoms. The summed E-state index contributed by atoms with van der Waals surface area (Å²) in [5.41, 5.74) is 1.02. The monoisotopic (exact) mass is 279 g/mol. The lowest BCUT2D eigenvalue weighted by Crippen LogP contribution is -2.07. The Morgan fingerprint density at radius 2 is 2.21 bits per heavy atom. The Labute approximate surface area is 116 Å². The SMILES string of the molecule is CCCOc1nc(Cl)nc(NCc2cccnc2)n1. The third-order valence-corrected chi connectivity index (χ3v) is 2.37. The second kappa shape index (κ2) is 6.84. The first-order valence-corrected chi connectivity index (χ1v) is 6.33. The number of nitrogens with zero attached hydrogens (tertiary/aromatic N) is 4. The van der Waals surface area contributed by atoms with Gasteiger partial charge in [-0.3, -0.25) is 4.98 Å². The van der Waals surface area contributed by atoms with Gasteiger partial charge in [-0.1, -0.05) is 13.0 Å². The van der Waals surface area contributed by atoms with E-state index >= 15 is 0 Å². The predicted octanol–water partition coefficient (Wildman–Crippen LogP) is 2.32. The highest BCUT2D eigenvalue weighted by atomic mass is 35.5. The van der Waals surface area contributed by atoms with Crippen LogP contribution in [-0.2, 0) is 6.54 Å². The summed E-state index contributed by atoms with van der Waals surface area (Å²) < 4.78 is 5.33. The van der Waals surface area contributed by atoms with E-state index in [2.05, 4.69) is 25.3 Å².